The third kappa shape index (κ3) is 6.46. The lowest BCUT2D eigenvalue weighted by molar-refractivity contribution is 0.483. The molecule has 1 aliphatic rings. The van der Waals surface area contributed by atoms with Crippen LogP contribution in [0.3, 0.4) is 0 Å². The summed E-state index contributed by atoms with van der Waals surface area (Å²) in [6.45, 7) is 18.7. The zero-order valence-electron chi connectivity index (χ0n) is 32.1. The fourth-order valence-corrected chi connectivity index (χ4v) is 7.41. The van der Waals surface area contributed by atoms with Crippen molar-refractivity contribution < 1.29 is 4.74 Å². The number of benzene rings is 5. The van der Waals surface area contributed by atoms with Crippen molar-refractivity contribution in [1.82, 2.24) is 9.55 Å². The molecule has 0 amide bonds. The molecule has 5 heteroatoms. The van der Waals surface area contributed by atoms with Crippen LogP contribution in [0.4, 0.5) is 11.4 Å². The lowest BCUT2D eigenvalue weighted by atomic mass is 9.85. The number of nitrogens with zero attached hydrogens (tertiary/aromatic N) is 4. The van der Waals surface area contributed by atoms with Crippen molar-refractivity contribution >= 4 is 33.2 Å². The highest BCUT2D eigenvalue weighted by atomic mass is 16.5. The quantitative estimate of drug-likeness (QED) is 0.173. The number of hydrogen-bond donors (Lipinski definition) is 0. The summed E-state index contributed by atoms with van der Waals surface area (Å²) in [5.41, 5.74) is 12.0. The lowest BCUT2D eigenvalue weighted by Crippen LogP contribution is -2.27. The Morgan fingerprint density at radius 2 is 1.21 bits per heavy atom. The number of para-hydroxylation sites is 1. The standard InChI is InChI=1S/C48H48N4O/c1-32-33(2)51(39-26-35(34-15-10-9-11-16-34)25-37(27-39)48(6,7)8)31-50(32)38-17-14-18-40(29-38)53-41-21-22-43-42-19-12-13-20-44(42)52(45(43)30-41)46-28-36(23-24-49-46)47(3,4)5/h9-30H,31H2,1-8H3. The first-order valence-electron chi connectivity index (χ1n) is 18.6. The van der Waals surface area contributed by atoms with E-state index in [4.69, 9.17) is 9.72 Å². The maximum atomic E-state index is 6.65. The Hall–Kier alpha value is -5.81. The first kappa shape index (κ1) is 34.3. The number of ether oxygens (including phenoxy) is 1. The average Bonchev–Trinajstić information content (AvgIpc) is 3.64. The number of aromatic nitrogens is 2. The first-order chi connectivity index (χ1) is 25.3. The van der Waals surface area contributed by atoms with Crippen LogP contribution < -0.4 is 14.5 Å². The number of fused-ring (bicyclic) bond motifs is 3. The summed E-state index contributed by atoms with van der Waals surface area (Å²) < 4.78 is 8.91. The van der Waals surface area contributed by atoms with Crippen molar-refractivity contribution in [1.29, 1.82) is 0 Å². The average molecular weight is 697 g/mol. The molecule has 53 heavy (non-hydrogen) atoms. The van der Waals surface area contributed by atoms with Gasteiger partial charge >= 0.3 is 0 Å². The summed E-state index contributed by atoms with van der Waals surface area (Å²) in [7, 11) is 0. The summed E-state index contributed by atoms with van der Waals surface area (Å²) in [6.07, 6.45) is 1.92. The summed E-state index contributed by atoms with van der Waals surface area (Å²) in [5, 5.41) is 2.36. The van der Waals surface area contributed by atoms with Crippen LogP contribution in [0.25, 0.3) is 38.8 Å². The second-order valence-corrected chi connectivity index (χ2v) is 16.3. The summed E-state index contributed by atoms with van der Waals surface area (Å²) in [5.74, 6) is 2.48. The third-order valence-corrected chi connectivity index (χ3v) is 10.7. The lowest BCUT2D eigenvalue weighted by Gasteiger charge is -2.27. The van der Waals surface area contributed by atoms with E-state index in [9.17, 15) is 0 Å². The van der Waals surface area contributed by atoms with Crippen LogP contribution in [0.2, 0.25) is 0 Å². The van der Waals surface area contributed by atoms with Gasteiger partial charge in [0, 0.05) is 51.9 Å². The van der Waals surface area contributed by atoms with Crippen molar-refractivity contribution in [3.63, 3.8) is 0 Å². The van der Waals surface area contributed by atoms with Crippen LogP contribution in [0.5, 0.6) is 11.5 Å². The van der Waals surface area contributed by atoms with Crippen LogP contribution in [0, 0.1) is 0 Å². The predicted octanol–water partition coefficient (Wildman–Crippen LogP) is 12.8. The van der Waals surface area contributed by atoms with Gasteiger partial charge in [0.2, 0.25) is 0 Å². The second kappa shape index (κ2) is 13.0. The van der Waals surface area contributed by atoms with Crippen molar-refractivity contribution in [2.24, 2.45) is 0 Å². The number of allylic oxidation sites excluding steroid dienone is 2. The van der Waals surface area contributed by atoms with E-state index in [1.165, 1.54) is 50.1 Å². The van der Waals surface area contributed by atoms with Gasteiger partial charge in [-0.1, -0.05) is 102 Å². The molecular formula is C48H48N4O. The molecule has 0 saturated carbocycles. The number of anilines is 2. The molecule has 1 aliphatic heterocycles. The summed E-state index contributed by atoms with van der Waals surface area (Å²) in [4.78, 5) is 9.66. The molecular weight excluding hydrogens is 649 g/mol. The van der Waals surface area contributed by atoms with Gasteiger partial charge in [-0.15, -0.1) is 0 Å². The van der Waals surface area contributed by atoms with Gasteiger partial charge in [0.25, 0.3) is 0 Å². The molecule has 266 valence electrons. The minimum Gasteiger partial charge on any atom is -0.457 e. The van der Waals surface area contributed by atoms with E-state index < -0.39 is 0 Å². The van der Waals surface area contributed by atoms with E-state index in [1.807, 2.05) is 12.3 Å². The maximum Gasteiger partial charge on any atom is 0.137 e. The Labute approximate surface area is 313 Å². The number of hydrogen-bond acceptors (Lipinski definition) is 4. The Kier molecular flexibility index (Phi) is 8.41. The van der Waals surface area contributed by atoms with E-state index in [1.54, 1.807) is 0 Å². The van der Waals surface area contributed by atoms with Gasteiger partial charge in [-0.05, 0) is 102 Å². The normalized spacial score (nSPS) is 13.8. The third-order valence-electron chi connectivity index (χ3n) is 10.7. The minimum absolute atomic E-state index is 0.00968. The highest BCUT2D eigenvalue weighted by molar-refractivity contribution is 6.09. The number of rotatable bonds is 6. The molecule has 0 aliphatic carbocycles. The molecule has 5 nitrogen and oxygen atoms in total. The minimum atomic E-state index is 0.00968. The van der Waals surface area contributed by atoms with E-state index >= 15 is 0 Å². The van der Waals surface area contributed by atoms with Gasteiger partial charge in [0.1, 0.15) is 17.3 Å². The van der Waals surface area contributed by atoms with Crippen LogP contribution in [0.15, 0.2) is 145 Å². The second-order valence-electron chi connectivity index (χ2n) is 16.3. The molecule has 0 N–H and O–H groups in total. The molecule has 7 aromatic rings. The summed E-state index contributed by atoms with van der Waals surface area (Å²) >= 11 is 0. The SMILES string of the molecule is CC1=C(C)N(c2cc(-c3ccccc3)cc(C(C)(C)C)c2)CN1c1cccc(Oc2ccc3c4ccccc4n(-c4cc(C(C)(C)C)ccn4)c3c2)c1. The van der Waals surface area contributed by atoms with Gasteiger partial charge in [-0.3, -0.25) is 4.57 Å². The fraction of sp³-hybridized carbons (Fsp3) is 0.229. The first-order valence-corrected chi connectivity index (χ1v) is 18.6. The van der Waals surface area contributed by atoms with Crippen LogP contribution >= 0.6 is 0 Å². The molecule has 0 bridgehead atoms. The van der Waals surface area contributed by atoms with E-state index in [0.717, 1.165) is 40.7 Å². The molecule has 0 spiro atoms. The van der Waals surface area contributed by atoms with Gasteiger partial charge in [0.15, 0.2) is 0 Å². The van der Waals surface area contributed by atoms with Crippen molar-refractivity contribution in [2.75, 3.05) is 16.5 Å². The highest BCUT2D eigenvalue weighted by Crippen LogP contribution is 2.40. The summed E-state index contributed by atoms with van der Waals surface area (Å²) in [6, 6.07) is 45.4. The van der Waals surface area contributed by atoms with Gasteiger partial charge in [0.05, 0.1) is 17.7 Å². The predicted molar refractivity (Wildman–Crippen MR) is 223 cm³/mol. The largest absolute Gasteiger partial charge is 0.457 e. The van der Waals surface area contributed by atoms with Gasteiger partial charge in [-0.25, -0.2) is 4.98 Å². The Morgan fingerprint density at radius 3 is 1.96 bits per heavy atom. The molecule has 8 rings (SSSR count). The number of pyridine rings is 1. The smallest absolute Gasteiger partial charge is 0.137 e. The molecule has 0 saturated heterocycles. The monoisotopic (exact) mass is 696 g/mol. The van der Waals surface area contributed by atoms with Gasteiger partial charge in [-0.2, -0.15) is 0 Å². The van der Waals surface area contributed by atoms with Gasteiger partial charge < -0.3 is 14.5 Å². The Balaban J connectivity index is 1.12. The highest BCUT2D eigenvalue weighted by Gasteiger charge is 2.28. The van der Waals surface area contributed by atoms with Crippen LogP contribution in [0.1, 0.15) is 66.5 Å². The van der Waals surface area contributed by atoms with Crippen LogP contribution in [-0.2, 0) is 10.8 Å². The van der Waals surface area contributed by atoms with Crippen molar-refractivity contribution in [2.45, 2.75) is 66.2 Å². The van der Waals surface area contributed by atoms with E-state index in [-0.39, 0.29) is 10.8 Å². The topological polar surface area (TPSA) is 33.5 Å². The van der Waals surface area contributed by atoms with E-state index in [2.05, 4.69) is 191 Å². The van der Waals surface area contributed by atoms with Crippen LogP contribution in [-0.4, -0.2) is 16.2 Å². The molecule has 0 unspecified atom stereocenters. The molecule has 0 fully saturated rings. The van der Waals surface area contributed by atoms with Crippen molar-refractivity contribution in [3.05, 3.63) is 156 Å². The molecule has 0 atom stereocenters. The van der Waals surface area contributed by atoms with E-state index in [0.29, 0.717) is 0 Å². The molecule has 0 radical (unpaired) electrons. The maximum absolute atomic E-state index is 6.65. The zero-order chi connectivity index (χ0) is 37.1. The molecule has 2 aromatic heterocycles. The molecule has 3 heterocycles. The molecule has 5 aromatic carbocycles. The van der Waals surface area contributed by atoms with Crippen molar-refractivity contribution in [3.8, 4) is 28.4 Å². The zero-order valence-corrected chi connectivity index (χ0v) is 32.1. The fourth-order valence-electron chi connectivity index (χ4n) is 7.41. The Morgan fingerprint density at radius 1 is 0.528 bits per heavy atom. The Bertz CT molecular complexity index is 2510.